The highest BCUT2D eigenvalue weighted by Gasteiger charge is 2.51. The van der Waals surface area contributed by atoms with Gasteiger partial charge in [-0.05, 0) is 6.42 Å². The predicted molar refractivity (Wildman–Crippen MR) is 107 cm³/mol. The Hall–Kier alpha value is -0.650. The van der Waals surface area contributed by atoms with Gasteiger partial charge in [0.05, 0.1) is 20.6 Å². The summed E-state index contributed by atoms with van der Waals surface area (Å²) in [6.07, 6.45) is 13.6. The molecule has 0 aliphatic carbocycles. The van der Waals surface area contributed by atoms with Gasteiger partial charge in [-0.15, -0.1) is 0 Å². The molecule has 1 atom stereocenters. The lowest BCUT2D eigenvalue weighted by molar-refractivity contribution is -0.933. The second-order valence-electron chi connectivity index (χ2n) is 8.23. The maximum Gasteiger partial charge on any atom is 0.365 e. The largest absolute Gasteiger partial charge is 0.477 e. The van der Waals surface area contributed by atoms with Crippen LogP contribution in [-0.2, 0) is 4.79 Å². The highest BCUT2D eigenvalue weighted by molar-refractivity contribution is 5.77. The molecule has 0 rings (SSSR count). The van der Waals surface area contributed by atoms with E-state index in [1.54, 1.807) is 0 Å². The number of aliphatic carboxylic acids is 1. The number of aliphatic hydroxyl groups is 2. The predicted octanol–water partition coefficient (Wildman–Crippen LogP) is 3.96. The lowest BCUT2D eigenvalue weighted by Gasteiger charge is -2.46. The number of carbonyl (C=O) groups is 1. The summed E-state index contributed by atoms with van der Waals surface area (Å²) in [5.74, 6) is -0.828. The molecule has 0 saturated heterocycles. The van der Waals surface area contributed by atoms with Gasteiger partial charge in [0.25, 0.3) is 0 Å². The molecule has 0 aliphatic rings. The van der Waals surface area contributed by atoms with E-state index in [0.717, 1.165) is 19.3 Å². The van der Waals surface area contributed by atoms with Gasteiger partial charge in [0, 0.05) is 32.5 Å². The average Bonchev–Trinajstić information content (AvgIpc) is 2.60. The van der Waals surface area contributed by atoms with Crippen molar-refractivity contribution in [2.24, 2.45) is 0 Å². The molecule has 0 heterocycles. The Labute approximate surface area is 161 Å². The van der Waals surface area contributed by atoms with Gasteiger partial charge in [-0.3, -0.25) is 0 Å². The minimum atomic E-state index is -0.968. The maximum absolute atomic E-state index is 12.1. The van der Waals surface area contributed by atoms with E-state index >= 15 is 0 Å². The molecule has 0 saturated carbocycles. The lowest BCUT2D eigenvalue weighted by atomic mass is 9.84. The molecule has 0 aromatic rings. The average molecular weight is 375 g/mol. The van der Waals surface area contributed by atoms with Crippen LogP contribution in [0.3, 0.4) is 0 Å². The summed E-state index contributed by atoms with van der Waals surface area (Å²) in [4.78, 5) is 12.1. The number of aliphatic hydroxyl groups excluding tert-OH is 2. The fourth-order valence-electron chi connectivity index (χ4n) is 3.97. The van der Waals surface area contributed by atoms with Gasteiger partial charge in [-0.25, -0.2) is 4.79 Å². The number of rotatable bonds is 18. The van der Waals surface area contributed by atoms with Gasteiger partial charge in [0.1, 0.15) is 0 Å². The van der Waals surface area contributed by atoms with E-state index in [9.17, 15) is 15.0 Å². The third-order valence-electron chi connectivity index (χ3n) is 5.90. The summed E-state index contributed by atoms with van der Waals surface area (Å²) in [6, 6.07) is 0. The second kappa shape index (κ2) is 14.4. The number of hydrogen-bond acceptors (Lipinski definition) is 3. The van der Waals surface area contributed by atoms with Crippen molar-refractivity contribution in [1.82, 2.24) is 0 Å². The molecule has 1 unspecified atom stereocenters. The van der Waals surface area contributed by atoms with E-state index in [1.807, 2.05) is 14.1 Å². The molecule has 0 amide bonds. The Bertz CT molecular complexity index is 360. The molecule has 5 heteroatoms. The summed E-state index contributed by atoms with van der Waals surface area (Å²) in [5.41, 5.74) is -0.968. The van der Waals surface area contributed by atoms with E-state index in [4.69, 9.17) is 5.11 Å². The van der Waals surface area contributed by atoms with Crippen molar-refractivity contribution < 1.29 is 24.6 Å². The summed E-state index contributed by atoms with van der Waals surface area (Å²) < 4.78 is 0.306. The number of unbranched alkanes of at least 4 members (excludes halogenated alkanes) is 9. The Kier molecular flexibility index (Phi) is 14.1. The summed E-state index contributed by atoms with van der Waals surface area (Å²) in [7, 11) is 3.82. The molecule has 26 heavy (non-hydrogen) atoms. The summed E-state index contributed by atoms with van der Waals surface area (Å²) in [5, 5.41) is 28.5. The number of carboxylic acids is 1. The van der Waals surface area contributed by atoms with Crippen molar-refractivity contribution in [3.63, 3.8) is 0 Å². The molecule has 0 aliphatic heterocycles. The SMILES string of the molecule is CCCCCCCCCCCCC(CCO)(C(=O)O)[N+](C)(C)CCCO. The van der Waals surface area contributed by atoms with Crippen LogP contribution in [0.4, 0.5) is 0 Å². The van der Waals surface area contributed by atoms with E-state index in [2.05, 4.69) is 6.92 Å². The number of nitrogens with zero attached hydrogens (tertiary/aromatic N) is 1. The summed E-state index contributed by atoms with van der Waals surface area (Å²) in [6.45, 7) is 2.78. The highest BCUT2D eigenvalue weighted by Crippen LogP contribution is 2.32. The topological polar surface area (TPSA) is 77.8 Å². The first-order valence-corrected chi connectivity index (χ1v) is 10.7. The molecule has 0 radical (unpaired) electrons. The molecule has 0 fully saturated rings. The zero-order chi connectivity index (χ0) is 19.9. The zero-order valence-electron chi connectivity index (χ0n) is 17.5. The Morgan fingerprint density at radius 1 is 0.769 bits per heavy atom. The Morgan fingerprint density at radius 2 is 1.27 bits per heavy atom. The van der Waals surface area contributed by atoms with Gasteiger partial charge in [0.15, 0.2) is 5.54 Å². The Morgan fingerprint density at radius 3 is 1.69 bits per heavy atom. The van der Waals surface area contributed by atoms with Gasteiger partial charge in [-0.1, -0.05) is 64.7 Å². The van der Waals surface area contributed by atoms with Crippen LogP contribution in [0.1, 0.15) is 90.4 Å². The fraction of sp³-hybridized carbons (Fsp3) is 0.952. The molecule has 156 valence electrons. The van der Waals surface area contributed by atoms with Crippen molar-refractivity contribution >= 4 is 5.97 Å². The van der Waals surface area contributed by atoms with Crippen LogP contribution in [0.25, 0.3) is 0 Å². The molecule has 0 spiro atoms. The van der Waals surface area contributed by atoms with Gasteiger partial charge in [-0.2, -0.15) is 0 Å². The number of quaternary nitrogens is 1. The van der Waals surface area contributed by atoms with Crippen LogP contribution in [0.2, 0.25) is 0 Å². The van der Waals surface area contributed by atoms with E-state index in [-0.39, 0.29) is 19.6 Å². The minimum Gasteiger partial charge on any atom is -0.477 e. The number of hydrogen-bond donors (Lipinski definition) is 3. The molecular formula is C21H44NO4+. The first-order chi connectivity index (χ1) is 12.4. The first-order valence-electron chi connectivity index (χ1n) is 10.7. The molecule has 0 aromatic carbocycles. The molecule has 0 bridgehead atoms. The lowest BCUT2D eigenvalue weighted by Crippen LogP contribution is -2.65. The van der Waals surface area contributed by atoms with Crippen LogP contribution in [0.15, 0.2) is 0 Å². The molecular weight excluding hydrogens is 330 g/mol. The van der Waals surface area contributed by atoms with Crippen LogP contribution in [-0.4, -0.2) is 65.2 Å². The third kappa shape index (κ3) is 8.83. The maximum atomic E-state index is 12.1. The first kappa shape index (κ1) is 25.4. The van der Waals surface area contributed by atoms with Crippen LogP contribution in [0, 0.1) is 0 Å². The van der Waals surface area contributed by atoms with Crippen LogP contribution >= 0.6 is 0 Å². The standard InChI is InChI=1S/C21H43NO4/c1-4-5-6-7-8-9-10-11-12-13-15-21(16-19-24,20(25)26)22(2,3)17-14-18-23/h23-24H,4-19H2,1-3H3/p+1. The number of likely N-dealkylation sites (N-methyl/N-ethyl adjacent to an activating group) is 1. The quantitative estimate of drug-likeness (QED) is 0.251. The minimum absolute atomic E-state index is 0.0642. The van der Waals surface area contributed by atoms with Crippen LogP contribution in [0.5, 0.6) is 0 Å². The van der Waals surface area contributed by atoms with Crippen molar-refractivity contribution in [3.05, 3.63) is 0 Å². The van der Waals surface area contributed by atoms with Crippen molar-refractivity contribution in [2.45, 2.75) is 95.9 Å². The molecule has 3 N–H and O–H groups in total. The van der Waals surface area contributed by atoms with Gasteiger partial charge < -0.3 is 19.8 Å². The molecule has 0 aromatic heterocycles. The smallest absolute Gasteiger partial charge is 0.365 e. The van der Waals surface area contributed by atoms with Crippen molar-refractivity contribution in [1.29, 1.82) is 0 Å². The van der Waals surface area contributed by atoms with Gasteiger partial charge in [0.2, 0.25) is 0 Å². The van der Waals surface area contributed by atoms with Crippen molar-refractivity contribution in [2.75, 3.05) is 33.9 Å². The van der Waals surface area contributed by atoms with E-state index in [1.165, 1.54) is 44.9 Å². The van der Waals surface area contributed by atoms with Crippen molar-refractivity contribution in [3.8, 4) is 0 Å². The van der Waals surface area contributed by atoms with Crippen LogP contribution < -0.4 is 0 Å². The third-order valence-corrected chi connectivity index (χ3v) is 5.90. The number of carboxylic acid groups (broad SMARTS) is 1. The highest BCUT2D eigenvalue weighted by atomic mass is 16.4. The van der Waals surface area contributed by atoms with E-state index < -0.39 is 11.5 Å². The Balaban J connectivity index is 4.38. The zero-order valence-corrected chi connectivity index (χ0v) is 17.5. The monoisotopic (exact) mass is 374 g/mol. The second-order valence-corrected chi connectivity index (χ2v) is 8.23. The fourth-order valence-corrected chi connectivity index (χ4v) is 3.97. The van der Waals surface area contributed by atoms with Gasteiger partial charge >= 0.3 is 5.97 Å². The summed E-state index contributed by atoms with van der Waals surface area (Å²) >= 11 is 0. The normalized spacial score (nSPS) is 14.3. The molecule has 5 nitrogen and oxygen atoms in total. The van der Waals surface area contributed by atoms with E-state index in [0.29, 0.717) is 23.9 Å².